The average molecular weight is 204 g/mol. The number of aromatic nitrogens is 4. The summed E-state index contributed by atoms with van der Waals surface area (Å²) in [7, 11) is 0. The van der Waals surface area contributed by atoms with Crippen LogP contribution in [0.25, 0.3) is 0 Å². The van der Waals surface area contributed by atoms with Gasteiger partial charge in [-0.05, 0) is 20.8 Å². The molecule has 2 aromatic heterocycles. The summed E-state index contributed by atoms with van der Waals surface area (Å²) in [5.41, 5.74) is 3.54. The number of imidazole rings is 2. The monoisotopic (exact) mass is 204 g/mol. The molecule has 2 heterocycles. The standard InChI is InChI=1S/C11H16N4/c1-4-14-7-12-5-11(14)6-15-8-13-9(2)10(15)3/h5,7-8H,4,6H2,1-3H3. The van der Waals surface area contributed by atoms with Crippen molar-refractivity contribution in [2.24, 2.45) is 0 Å². The van der Waals surface area contributed by atoms with Crippen molar-refractivity contribution in [1.29, 1.82) is 0 Å². The lowest BCUT2D eigenvalue weighted by Crippen LogP contribution is -2.06. The minimum Gasteiger partial charge on any atom is -0.333 e. The molecule has 0 amide bonds. The molecule has 0 atom stereocenters. The molecule has 0 aliphatic heterocycles. The molecule has 0 unspecified atom stereocenters. The molecule has 0 aromatic carbocycles. The molecule has 4 heteroatoms. The second-order valence-electron chi connectivity index (χ2n) is 3.71. The molecule has 2 rings (SSSR count). The van der Waals surface area contributed by atoms with Crippen LogP contribution in [0, 0.1) is 13.8 Å². The van der Waals surface area contributed by atoms with Crippen LogP contribution in [0.15, 0.2) is 18.9 Å². The third-order valence-corrected chi connectivity index (χ3v) is 2.82. The van der Waals surface area contributed by atoms with Crippen molar-refractivity contribution in [1.82, 2.24) is 19.1 Å². The predicted molar refractivity (Wildman–Crippen MR) is 58.7 cm³/mol. The van der Waals surface area contributed by atoms with Crippen molar-refractivity contribution in [3.8, 4) is 0 Å². The van der Waals surface area contributed by atoms with Crippen molar-refractivity contribution in [2.75, 3.05) is 0 Å². The first-order valence-corrected chi connectivity index (χ1v) is 5.19. The second-order valence-corrected chi connectivity index (χ2v) is 3.71. The van der Waals surface area contributed by atoms with Gasteiger partial charge < -0.3 is 9.13 Å². The average Bonchev–Trinajstić information content (AvgIpc) is 2.80. The van der Waals surface area contributed by atoms with E-state index < -0.39 is 0 Å². The molecule has 0 radical (unpaired) electrons. The van der Waals surface area contributed by atoms with Crippen LogP contribution in [-0.2, 0) is 13.1 Å². The van der Waals surface area contributed by atoms with E-state index in [9.17, 15) is 0 Å². The van der Waals surface area contributed by atoms with Gasteiger partial charge in [-0.2, -0.15) is 0 Å². The molecule has 0 saturated carbocycles. The van der Waals surface area contributed by atoms with Crippen LogP contribution in [0.5, 0.6) is 0 Å². The number of aryl methyl sites for hydroxylation is 2. The largest absolute Gasteiger partial charge is 0.333 e. The quantitative estimate of drug-likeness (QED) is 0.763. The molecular formula is C11H16N4. The van der Waals surface area contributed by atoms with E-state index in [-0.39, 0.29) is 0 Å². The lowest BCUT2D eigenvalue weighted by Gasteiger charge is -2.07. The molecule has 0 bridgehead atoms. The molecule has 0 saturated heterocycles. The molecule has 2 aromatic rings. The summed E-state index contributed by atoms with van der Waals surface area (Å²) in [5, 5.41) is 0. The summed E-state index contributed by atoms with van der Waals surface area (Å²) < 4.78 is 4.30. The van der Waals surface area contributed by atoms with E-state index in [2.05, 4.69) is 32.9 Å². The summed E-state index contributed by atoms with van der Waals surface area (Å²) >= 11 is 0. The van der Waals surface area contributed by atoms with Gasteiger partial charge in [0.15, 0.2) is 0 Å². The number of rotatable bonds is 3. The Balaban J connectivity index is 2.25. The van der Waals surface area contributed by atoms with E-state index in [0.29, 0.717) is 0 Å². The van der Waals surface area contributed by atoms with E-state index >= 15 is 0 Å². The van der Waals surface area contributed by atoms with Crippen molar-refractivity contribution in [2.45, 2.75) is 33.9 Å². The van der Waals surface area contributed by atoms with Crippen LogP contribution in [0.2, 0.25) is 0 Å². The smallest absolute Gasteiger partial charge is 0.0955 e. The summed E-state index contributed by atoms with van der Waals surface area (Å²) in [4.78, 5) is 8.44. The minimum atomic E-state index is 0.848. The lowest BCUT2D eigenvalue weighted by molar-refractivity contribution is 0.660. The van der Waals surface area contributed by atoms with Crippen LogP contribution in [0.3, 0.4) is 0 Å². The number of hydrogen-bond acceptors (Lipinski definition) is 2. The highest BCUT2D eigenvalue weighted by Gasteiger charge is 2.05. The Kier molecular flexibility index (Phi) is 2.58. The molecule has 0 N–H and O–H groups in total. The zero-order valence-electron chi connectivity index (χ0n) is 9.44. The molecule has 0 aliphatic carbocycles. The van der Waals surface area contributed by atoms with Gasteiger partial charge in [0.25, 0.3) is 0 Å². The summed E-state index contributed by atoms with van der Waals surface area (Å²) in [5.74, 6) is 0. The van der Waals surface area contributed by atoms with Gasteiger partial charge in [0.2, 0.25) is 0 Å². The van der Waals surface area contributed by atoms with Crippen LogP contribution >= 0.6 is 0 Å². The van der Waals surface area contributed by atoms with E-state index in [1.54, 1.807) is 0 Å². The van der Waals surface area contributed by atoms with Gasteiger partial charge >= 0.3 is 0 Å². The van der Waals surface area contributed by atoms with E-state index in [0.717, 1.165) is 18.8 Å². The molecule has 80 valence electrons. The molecule has 0 aliphatic rings. The van der Waals surface area contributed by atoms with Crippen molar-refractivity contribution < 1.29 is 0 Å². The van der Waals surface area contributed by atoms with Crippen molar-refractivity contribution in [3.63, 3.8) is 0 Å². The topological polar surface area (TPSA) is 35.6 Å². The van der Waals surface area contributed by atoms with Gasteiger partial charge in [-0.3, -0.25) is 0 Å². The van der Waals surface area contributed by atoms with Gasteiger partial charge in [-0.15, -0.1) is 0 Å². The minimum absolute atomic E-state index is 0.848. The first-order chi connectivity index (χ1) is 7.22. The van der Waals surface area contributed by atoms with Gasteiger partial charge in [0.1, 0.15) is 0 Å². The van der Waals surface area contributed by atoms with Gasteiger partial charge in [0.05, 0.1) is 30.6 Å². The fourth-order valence-electron chi connectivity index (χ4n) is 1.64. The molecule has 15 heavy (non-hydrogen) atoms. The van der Waals surface area contributed by atoms with E-state index in [1.807, 2.05) is 25.8 Å². The second kappa shape index (κ2) is 3.88. The molecular weight excluding hydrogens is 188 g/mol. The third-order valence-electron chi connectivity index (χ3n) is 2.82. The SMILES string of the molecule is CCn1cncc1Cn1cnc(C)c1C. The van der Waals surface area contributed by atoms with Crippen molar-refractivity contribution in [3.05, 3.63) is 35.9 Å². The Morgan fingerprint density at radius 2 is 2.00 bits per heavy atom. The Bertz CT molecular complexity index is 453. The lowest BCUT2D eigenvalue weighted by atomic mass is 10.3. The van der Waals surface area contributed by atoms with Crippen LogP contribution < -0.4 is 0 Å². The van der Waals surface area contributed by atoms with Crippen molar-refractivity contribution >= 4 is 0 Å². The van der Waals surface area contributed by atoms with E-state index in [4.69, 9.17) is 0 Å². The first-order valence-electron chi connectivity index (χ1n) is 5.19. The van der Waals surface area contributed by atoms with Gasteiger partial charge in [0, 0.05) is 18.4 Å². The van der Waals surface area contributed by atoms with Crippen LogP contribution in [0.1, 0.15) is 24.0 Å². The van der Waals surface area contributed by atoms with Gasteiger partial charge in [-0.1, -0.05) is 0 Å². The fraction of sp³-hybridized carbons (Fsp3) is 0.455. The molecule has 0 fully saturated rings. The first kappa shape index (κ1) is 9.96. The Hall–Kier alpha value is -1.58. The maximum absolute atomic E-state index is 4.29. The Labute approximate surface area is 89.6 Å². The normalized spacial score (nSPS) is 10.9. The third kappa shape index (κ3) is 1.79. The number of nitrogens with zero attached hydrogens (tertiary/aromatic N) is 4. The Morgan fingerprint density at radius 3 is 2.60 bits per heavy atom. The highest BCUT2D eigenvalue weighted by atomic mass is 15.1. The summed E-state index contributed by atoms with van der Waals surface area (Å²) in [6.07, 6.45) is 5.67. The predicted octanol–water partition coefficient (Wildman–Crippen LogP) is 1.76. The maximum Gasteiger partial charge on any atom is 0.0955 e. The van der Waals surface area contributed by atoms with Gasteiger partial charge in [-0.25, -0.2) is 9.97 Å². The highest BCUT2D eigenvalue weighted by Crippen LogP contribution is 2.08. The summed E-state index contributed by atoms with van der Waals surface area (Å²) in [6.45, 7) is 8.05. The van der Waals surface area contributed by atoms with E-state index in [1.165, 1.54) is 11.4 Å². The van der Waals surface area contributed by atoms with Crippen LogP contribution in [0.4, 0.5) is 0 Å². The Morgan fingerprint density at radius 1 is 1.20 bits per heavy atom. The maximum atomic E-state index is 4.29. The highest BCUT2D eigenvalue weighted by molar-refractivity contribution is 5.11. The fourth-order valence-corrected chi connectivity index (χ4v) is 1.64. The summed E-state index contributed by atoms with van der Waals surface area (Å²) in [6, 6.07) is 0. The molecule has 0 spiro atoms. The zero-order valence-corrected chi connectivity index (χ0v) is 9.44. The molecule has 4 nitrogen and oxygen atoms in total. The number of hydrogen-bond donors (Lipinski definition) is 0. The van der Waals surface area contributed by atoms with Crippen LogP contribution in [-0.4, -0.2) is 19.1 Å². The zero-order chi connectivity index (χ0) is 10.8.